The highest BCUT2D eigenvalue weighted by molar-refractivity contribution is 6.45. The molecule has 0 fully saturated rings. The third-order valence-corrected chi connectivity index (χ3v) is 25.2. The van der Waals surface area contributed by atoms with Crippen LogP contribution in [-0.2, 0) is 51.4 Å². The molecular weight excluding hydrogens is 1070 g/mol. The van der Waals surface area contributed by atoms with Crippen molar-refractivity contribution in [3.63, 3.8) is 0 Å². The molecule has 5 aromatic carbocycles. The van der Waals surface area contributed by atoms with Crippen molar-refractivity contribution in [3.8, 4) is 0 Å². The quantitative estimate of drug-likeness (QED) is 0.0359. The van der Waals surface area contributed by atoms with Crippen LogP contribution < -0.4 is 0 Å². The highest BCUT2D eigenvalue weighted by Gasteiger charge is 2.49. The summed E-state index contributed by atoms with van der Waals surface area (Å²) in [4.78, 5) is 0. The lowest BCUT2D eigenvalue weighted by Crippen LogP contribution is -2.21. The Balaban J connectivity index is 1.12. The molecule has 0 aliphatic heterocycles. The van der Waals surface area contributed by atoms with Gasteiger partial charge < -0.3 is 17.7 Å². The summed E-state index contributed by atoms with van der Waals surface area (Å²) in [6.45, 7) is 19.1. The predicted octanol–water partition coefficient (Wildman–Crippen LogP) is 27.7. The Morgan fingerprint density at radius 1 is 0.182 bits per heavy atom. The Morgan fingerprint density at radius 3 is 0.420 bits per heavy atom. The molecule has 480 valence electrons. The second kappa shape index (κ2) is 27.0. The number of rotatable bonds is 40. The lowest BCUT2D eigenvalue weighted by atomic mass is 9.75. The van der Waals surface area contributed by atoms with Crippen LogP contribution in [0.15, 0.2) is 17.7 Å². The van der Waals surface area contributed by atoms with Gasteiger partial charge in [-0.2, -0.15) is 0 Å². The third-order valence-electron chi connectivity index (χ3n) is 25.2. The van der Waals surface area contributed by atoms with Crippen molar-refractivity contribution in [2.24, 2.45) is 21.7 Å². The SMILES string of the molecule is CCCCCCC1(CCCCCC)Cc2c(c3oc4c5c(c6oc7c8c(c9oc%10c%11c(c%12oc2c2c3c4c6c7c9c%10c%122)CC(CCCCCC)(CCCCCC)C%11)CC(CCCCCC)(CCCCCC)C8)CC(CCCCCC)(CCCCCC)C5)C1. The minimum absolute atomic E-state index is 0.213. The first-order valence-electron chi connectivity index (χ1n) is 38.8. The molecule has 0 radical (unpaired) electrons. The van der Waals surface area contributed by atoms with Crippen molar-refractivity contribution < 1.29 is 17.7 Å². The number of hydrogen-bond acceptors (Lipinski definition) is 4. The summed E-state index contributed by atoms with van der Waals surface area (Å²) in [5.74, 6) is 0. The zero-order valence-corrected chi connectivity index (χ0v) is 57.6. The second-order valence-electron chi connectivity index (χ2n) is 31.8. The van der Waals surface area contributed by atoms with Gasteiger partial charge in [0.05, 0.1) is 0 Å². The van der Waals surface area contributed by atoms with Gasteiger partial charge in [0.2, 0.25) is 0 Å². The van der Waals surface area contributed by atoms with Crippen LogP contribution in [0.3, 0.4) is 0 Å². The van der Waals surface area contributed by atoms with E-state index < -0.39 is 0 Å². The van der Waals surface area contributed by atoms with Gasteiger partial charge in [-0.3, -0.25) is 0 Å². The number of unbranched alkanes of at least 4 members (excludes halogenated alkanes) is 24. The van der Waals surface area contributed by atoms with Crippen molar-refractivity contribution in [2.75, 3.05) is 0 Å². The number of furan rings is 4. The molecule has 4 aliphatic carbocycles. The Labute approximate surface area is 532 Å². The zero-order chi connectivity index (χ0) is 60.6. The number of fused-ring (bicyclic) bond motifs is 12. The molecule has 0 saturated carbocycles. The molecule has 4 heterocycles. The first-order chi connectivity index (χ1) is 43.2. The summed E-state index contributed by atoms with van der Waals surface area (Å²) in [5, 5.41) is 11.0. The maximum Gasteiger partial charge on any atom is 0.139 e. The smallest absolute Gasteiger partial charge is 0.139 e. The van der Waals surface area contributed by atoms with E-state index in [1.807, 2.05) is 0 Å². The van der Waals surface area contributed by atoms with E-state index in [9.17, 15) is 0 Å². The van der Waals surface area contributed by atoms with E-state index in [-0.39, 0.29) is 21.7 Å². The zero-order valence-electron chi connectivity index (χ0n) is 57.6. The topological polar surface area (TPSA) is 52.6 Å². The summed E-state index contributed by atoms with van der Waals surface area (Å²) < 4.78 is 32.8. The van der Waals surface area contributed by atoms with Crippen molar-refractivity contribution in [2.45, 2.75) is 364 Å². The first kappa shape index (κ1) is 62.9. The van der Waals surface area contributed by atoms with Crippen LogP contribution in [0.5, 0.6) is 0 Å². The Morgan fingerprint density at radius 2 is 0.307 bits per heavy atom. The van der Waals surface area contributed by atoms with Gasteiger partial charge in [0.25, 0.3) is 0 Å². The van der Waals surface area contributed by atoms with E-state index in [4.69, 9.17) is 17.7 Å². The molecule has 88 heavy (non-hydrogen) atoms. The van der Waals surface area contributed by atoms with Crippen LogP contribution in [0.1, 0.15) is 357 Å². The van der Waals surface area contributed by atoms with Gasteiger partial charge in [0.15, 0.2) is 0 Å². The van der Waals surface area contributed by atoms with Gasteiger partial charge >= 0.3 is 0 Å². The van der Waals surface area contributed by atoms with E-state index in [2.05, 4.69) is 55.4 Å². The molecule has 0 N–H and O–H groups in total. The van der Waals surface area contributed by atoms with Gasteiger partial charge in [0, 0.05) is 87.6 Å². The molecule has 4 heteroatoms. The fourth-order valence-corrected chi connectivity index (χ4v) is 20.5. The maximum atomic E-state index is 8.21. The molecule has 4 nitrogen and oxygen atoms in total. The van der Waals surface area contributed by atoms with Gasteiger partial charge in [-0.25, -0.2) is 0 Å². The van der Waals surface area contributed by atoms with Gasteiger partial charge in [0.1, 0.15) is 44.7 Å². The van der Waals surface area contributed by atoms with Crippen LogP contribution in [0, 0.1) is 21.7 Å². The van der Waals surface area contributed by atoms with E-state index >= 15 is 0 Å². The second-order valence-corrected chi connectivity index (χ2v) is 31.8. The van der Waals surface area contributed by atoms with Crippen molar-refractivity contribution >= 4 is 87.8 Å². The highest BCUT2D eigenvalue weighted by Crippen LogP contribution is 2.64. The molecular formula is C84H120O4. The lowest BCUT2D eigenvalue weighted by Gasteiger charge is -2.29. The summed E-state index contributed by atoms with van der Waals surface area (Å²) in [7, 11) is 0. The molecule has 0 spiro atoms. The molecule has 4 aliphatic rings. The molecule has 0 unspecified atom stereocenters. The largest absolute Gasteiger partial charge is 0.455 e. The normalized spacial score (nSPS) is 17.5. The standard InChI is InChI=1S/C84H120O4/c1-9-17-25-33-41-81(42-34-26-18-10-2)49-57-58(50-81)74-66-65-67-69-71-72-70-68(66)76(86-74)60-52-83(45-37-29-21-13-5,46-38-30-22-14-6)54-62(60)78(70)88-80(72)64-56-84(47-39-31-23-15-7,48-40-32-24-16-8)55-63(64)79(71)87-77(69)61-53-82(43-35-27-19-11-3,44-36-28-20-12-4)51-59(61)75(67)85-73(57)65/h9-56H2,1-8H3. The fraction of sp³-hybridized carbons (Fsp3) is 0.714. The Bertz CT molecular complexity index is 2980. The van der Waals surface area contributed by atoms with E-state index in [0.29, 0.717) is 0 Å². The molecule has 0 bridgehead atoms. The molecule has 9 aromatic rings. The fourth-order valence-electron chi connectivity index (χ4n) is 20.5. The average Bonchev–Trinajstić information content (AvgIpc) is 1.48. The monoisotopic (exact) mass is 1190 g/mol. The van der Waals surface area contributed by atoms with Crippen LogP contribution in [0.25, 0.3) is 87.8 Å². The van der Waals surface area contributed by atoms with E-state index in [1.54, 1.807) is 0 Å². The van der Waals surface area contributed by atoms with Gasteiger partial charge in [-0.05, 0) is 124 Å². The van der Waals surface area contributed by atoms with Crippen molar-refractivity contribution in [1.29, 1.82) is 0 Å². The molecule has 0 amide bonds. The summed E-state index contributed by atoms with van der Waals surface area (Å²) in [6, 6.07) is 0. The third kappa shape index (κ3) is 11.1. The minimum Gasteiger partial charge on any atom is -0.455 e. The Kier molecular flexibility index (Phi) is 19.3. The number of hydrogen-bond donors (Lipinski definition) is 0. The summed E-state index contributed by atoms with van der Waals surface area (Å²) >= 11 is 0. The van der Waals surface area contributed by atoms with E-state index in [0.717, 1.165) is 51.4 Å². The predicted molar refractivity (Wildman–Crippen MR) is 379 cm³/mol. The van der Waals surface area contributed by atoms with Gasteiger partial charge in [-0.15, -0.1) is 0 Å². The molecule has 4 aromatic heterocycles. The number of benzene rings is 4. The molecule has 0 saturated heterocycles. The van der Waals surface area contributed by atoms with Gasteiger partial charge in [-0.1, -0.05) is 261 Å². The lowest BCUT2D eigenvalue weighted by molar-refractivity contribution is 0.235. The maximum absolute atomic E-state index is 8.21. The van der Waals surface area contributed by atoms with Crippen LogP contribution in [0.4, 0.5) is 0 Å². The van der Waals surface area contributed by atoms with Crippen LogP contribution >= 0.6 is 0 Å². The molecule has 13 rings (SSSR count). The summed E-state index contributed by atoms with van der Waals surface area (Å²) in [6.07, 6.45) is 61.5. The summed E-state index contributed by atoms with van der Waals surface area (Å²) in [5.41, 5.74) is 22.6. The molecule has 0 atom stereocenters. The first-order valence-corrected chi connectivity index (χ1v) is 38.8. The van der Waals surface area contributed by atoms with E-state index in [1.165, 1.54) is 389 Å². The highest BCUT2D eigenvalue weighted by atomic mass is 16.4. The van der Waals surface area contributed by atoms with Crippen molar-refractivity contribution in [1.82, 2.24) is 0 Å². The van der Waals surface area contributed by atoms with Crippen LogP contribution in [-0.4, -0.2) is 0 Å². The Hall–Kier alpha value is -3.92. The average molecular weight is 1190 g/mol. The minimum atomic E-state index is 0.213. The van der Waals surface area contributed by atoms with Crippen LogP contribution in [0.2, 0.25) is 0 Å². The van der Waals surface area contributed by atoms with Crippen molar-refractivity contribution in [3.05, 3.63) is 44.5 Å².